The van der Waals surface area contributed by atoms with E-state index in [1.807, 2.05) is 0 Å². The highest BCUT2D eigenvalue weighted by atomic mass is 32.2. The molecule has 1 aliphatic rings. The molecule has 29 heavy (non-hydrogen) atoms. The van der Waals surface area contributed by atoms with Gasteiger partial charge in [-0.15, -0.1) is 0 Å². The predicted molar refractivity (Wildman–Crippen MR) is 100 cm³/mol. The summed E-state index contributed by atoms with van der Waals surface area (Å²) in [4.78, 5) is 13.0. The van der Waals surface area contributed by atoms with Crippen LogP contribution in [0.5, 0.6) is 5.75 Å². The van der Waals surface area contributed by atoms with Crippen LogP contribution in [0, 0.1) is 5.92 Å². The van der Waals surface area contributed by atoms with Gasteiger partial charge in [0, 0.05) is 25.2 Å². The Morgan fingerprint density at radius 3 is 2.41 bits per heavy atom. The second-order valence-electron chi connectivity index (χ2n) is 6.62. The minimum Gasteiger partial charge on any atom is -0.497 e. The number of ether oxygens (including phenoxy) is 1. The largest absolute Gasteiger partial charge is 0.497 e. The average molecular weight is 428 g/mol. The fourth-order valence-electron chi connectivity index (χ4n) is 3.17. The van der Waals surface area contributed by atoms with Crippen LogP contribution in [0.3, 0.4) is 0 Å². The smallest absolute Gasteiger partial charge is 0.417 e. The van der Waals surface area contributed by atoms with E-state index in [0.29, 0.717) is 11.4 Å². The van der Waals surface area contributed by atoms with Gasteiger partial charge in [0.1, 0.15) is 5.75 Å². The fraction of sp³-hybridized carbons (Fsp3) is 0.316. The molecule has 2 aromatic rings. The molecule has 1 N–H and O–H groups in total. The Balaban J connectivity index is 1.70. The van der Waals surface area contributed by atoms with Crippen molar-refractivity contribution in [2.24, 2.45) is 5.92 Å². The average Bonchev–Trinajstić information content (AvgIpc) is 3.06. The van der Waals surface area contributed by atoms with Gasteiger partial charge in [-0.3, -0.25) is 4.79 Å². The number of sulfonamides is 1. The molecule has 1 amide bonds. The summed E-state index contributed by atoms with van der Waals surface area (Å²) in [5.74, 6) is 0.0838. The summed E-state index contributed by atoms with van der Waals surface area (Å²) < 4.78 is 71.5. The summed E-state index contributed by atoms with van der Waals surface area (Å²) in [5, 5.41) is 0. The van der Waals surface area contributed by atoms with Crippen LogP contribution >= 0.6 is 0 Å². The molecule has 0 spiro atoms. The topological polar surface area (TPSA) is 75.7 Å². The standard InChI is InChI=1S/C19H19F3N2O4S/c1-28-15-8-6-14(7-9-15)24-12-13(10-18(24)25)11-23-29(26,27)17-5-3-2-4-16(17)19(20,21)22/h2-9,13,23H,10-12H2,1H3. The Bertz CT molecular complexity index is 991. The van der Waals surface area contributed by atoms with Gasteiger partial charge in [0.15, 0.2) is 0 Å². The van der Waals surface area contributed by atoms with Gasteiger partial charge < -0.3 is 9.64 Å². The number of rotatable bonds is 6. The Morgan fingerprint density at radius 2 is 1.79 bits per heavy atom. The van der Waals surface area contributed by atoms with Crippen molar-refractivity contribution >= 4 is 21.6 Å². The van der Waals surface area contributed by atoms with E-state index in [1.54, 1.807) is 24.3 Å². The molecule has 0 radical (unpaired) electrons. The molecule has 0 saturated carbocycles. The number of alkyl halides is 3. The number of carbonyl (C=O) groups excluding carboxylic acids is 1. The van der Waals surface area contributed by atoms with Crippen molar-refractivity contribution in [1.29, 1.82) is 0 Å². The first-order chi connectivity index (χ1) is 13.6. The Labute approximate surface area is 166 Å². The zero-order valence-electron chi connectivity index (χ0n) is 15.4. The highest BCUT2D eigenvalue weighted by Crippen LogP contribution is 2.34. The lowest BCUT2D eigenvalue weighted by Gasteiger charge is -2.18. The molecular formula is C19H19F3N2O4S. The molecule has 6 nitrogen and oxygen atoms in total. The lowest BCUT2D eigenvalue weighted by atomic mass is 10.1. The number of benzene rings is 2. The first-order valence-corrected chi connectivity index (χ1v) is 10.2. The molecule has 156 valence electrons. The molecule has 0 aromatic heterocycles. The molecule has 0 aliphatic carbocycles. The fourth-order valence-corrected chi connectivity index (χ4v) is 4.51. The van der Waals surface area contributed by atoms with Crippen LogP contribution in [0.2, 0.25) is 0 Å². The lowest BCUT2D eigenvalue weighted by Crippen LogP contribution is -2.32. The minimum absolute atomic E-state index is 0.0927. The molecule has 1 atom stereocenters. The number of anilines is 1. The Morgan fingerprint density at radius 1 is 1.14 bits per heavy atom. The Kier molecular flexibility index (Phi) is 5.85. The van der Waals surface area contributed by atoms with Crippen molar-refractivity contribution < 1.29 is 31.1 Å². The van der Waals surface area contributed by atoms with Gasteiger partial charge in [-0.1, -0.05) is 12.1 Å². The summed E-state index contributed by atoms with van der Waals surface area (Å²) in [6.07, 6.45) is -4.70. The van der Waals surface area contributed by atoms with E-state index < -0.39 is 26.7 Å². The first kappa shape index (κ1) is 21.1. The zero-order chi connectivity index (χ0) is 21.2. The molecule has 1 saturated heterocycles. The summed E-state index contributed by atoms with van der Waals surface area (Å²) in [6.45, 7) is 0.113. The van der Waals surface area contributed by atoms with E-state index in [2.05, 4.69) is 4.72 Å². The molecule has 10 heteroatoms. The number of amides is 1. The highest BCUT2D eigenvalue weighted by molar-refractivity contribution is 7.89. The predicted octanol–water partition coefficient (Wildman–Crippen LogP) is 3.05. The molecule has 1 aliphatic heterocycles. The van der Waals surface area contributed by atoms with Crippen LogP contribution in [-0.4, -0.2) is 34.5 Å². The van der Waals surface area contributed by atoms with Crippen molar-refractivity contribution in [2.75, 3.05) is 25.1 Å². The summed E-state index contributed by atoms with van der Waals surface area (Å²) in [6, 6.07) is 10.8. The van der Waals surface area contributed by atoms with Crippen molar-refractivity contribution in [3.05, 3.63) is 54.1 Å². The van der Waals surface area contributed by atoms with E-state index in [-0.39, 0.29) is 31.3 Å². The number of carbonyl (C=O) groups is 1. The van der Waals surface area contributed by atoms with E-state index >= 15 is 0 Å². The van der Waals surface area contributed by atoms with Gasteiger partial charge in [0.25, 0.3) is 0 Å². The van der Waals surface area contributed by atoms with Gasteiger partial charge in [0.05, 0.1) is 17.6 Å². The summed E-state index contributed by atoms with van der Waals surface area (Å²) >= 11 is 0. The van der Waals surface area contributed by atoms with Gasteiger partial charge >= 0.3 is 6.18 Å². The van der Waals surface area contributed by atoms with E-state index in [1.165, 1.54) is 18.1 Å². The van der Waals surface area contributed by atoms with E-state index in [4.69, 9.17) is 4.74 Å². The van der Waals surface area contributed by atoms with Crippen molar-refractivity contribution in [1.82, 2.24) is 4.72 Å². The van der Waals surface area contributed by atoms with Gasteiger partial charge in [-0.2, -0.15) is 13.2 Å². The van der Waals surface area contributed by atoms with Crippen molar-refractivity contribution in [3.8, 4) is 5.75 Å². The number of hydrogen-bond donors (Lipinski definition) is 1. The third-order valence-electron chi connectivity index (χ3n) is 4.63. The van der Waals surface area contributed by atoms with Crippen LogP contribution in [0.1, 0.15) is 12.0 Å². The third kappa shape index (κ3) is 4.70. The monoisotopic (exact) mass is 428 g/mol. The van der Waals surface area contributed by atoms with Gasteiger partial charge in [-0.25, -0.2) is 13.1 Å². The maximum atomic E-state index is 13.1. The maximum Gasteiger partial charge on any atom is 0.417 e. The molecule has 3 rings (SSSR count). The molecular weight excluding hydrogens is 409 g/mol. The van der Waals surface area contributed by atoms with E-state index in [0.717, 1.165) is 18.2 Å². The maximum absolute atomic E-state index is 13.1. The quantitative estimate of drug-likeness (QED) is 0.768. The third-order valence-corrected chi connectivity index (χ3v) is 6.11. The zero-order valence-corrected chi connectivity index (χ0v) is 16.3. The Hall–Kier alpha value is -2.59. The van der Waals surface area contributed by atoms with Crippen LogP contribution in [0.4, 0.5) is 18.9 Å². The highest BCUT2D eigenvalue weighted by Gasteiger charge is 2.37. The second-order valence-corrected chi connectivity index (χ2v) is 8.35. The van der Waals surface area contributed by atoms with Crippen molar-refractivity contribution in [2.45, 2.75) is 17.5 Å². The molecule has 1 unspecified atom stereocenters. The minimum atomic E-state index is -4.79. The normalized spacial score (nSPS) is 17.6. The van der Waals surface area contributed by atoms with Gasteiger partial charge in [0.2, 0.25) is 15.9 Å². The van der Waals surface area contributed by atoms with Crippen LogP contribution in [0.25, 0.3) is 0 Å². The summed E-state index contributed by atoms with van der Waals surface area (Å²) in [7, 11) is -2.86. The number of methoxy groups -OCH3 is 1. The van der Waals surface area contributed by atoms with Crippen LogP contribution in [-0.2, 0) is 21.0 Å². The lowest BCUT2D eigenvalue weighted by molar-refractivity contribution is -0.139. The molecule has 1 heterocycles. The number of halogens is 3. The van der Waals surface area contributed by atoms with Gasteiger partial charge in [-0.05, 0) is 42.3 Å². The number of nitrogens with zero attached hydrogens (tertiary/aromatic N) is 1. The second kappa shape index (κ2) is 8.03. The van der Waals surface area contributed by atoms with Crippen molar-refractivity contribution in [3.63, 3.8) is 0 Å². The number of nitrogens with one attached hydrogen (secondary N) is 1. The molecule has 0 bridgehead atoms. The summed E-state index contributed by atoms with van der Waals surface area (Å²) in [5.41, 5.74) is -0.585. The molecule has 1 fully saturated rings. The number of hydrogen-bond acceptors (Lipinski definition) is 4. The van der Waals surface area contributed by atoms with Crippen LogP contribution in [0.15, 0.2) is 53.4 Å². The van der Waals surface area contributed by atoms with E-state index in [9.17, 15) is 26.4 Å². The SMILES string of the molecule is COc1ccc(N2CC(CNS(=O)(=O)c3ccccc3C(F)(F)F)CC2=O)cc1. The first-order valence-electron chi connectivity index (χ1n) is 8.72. The molecule has 2 aromatic carbocycles. The van der Waals surface area contributed by atoms with Crippen LogP contribution < -0.4 is 14.4 Å².